The van der Waals surface area contributed by atoms with Crippen LogP contribution in [0.4, 0.5) is 13.6 Å². The minimum atomic E-state index is -2.98. The van der Waals surface area contributed by atoms with Crippen LogP contribution in [0.2, 0.25) is 0 Å². The summed E-state index contributed by atoms with van der Waals surface area (Å²) in [4.78, 5) is 12.7. The fraction of sp³-hybridized carbons (Fsp3) is 0.909. The minimum Gasteiger partial charge on any atom is -0.444 e. The van der Waals surface area contributed by atoms with E-state index >= 15 is 0 Å². The SMILES string of the molecule is CC(C)(C)OC(=O)N1CC(F)(F)C[C@]1(C)CO. The van der Waals surface area contributed by atoms with Crippen molar-refractivity contribution in [1.29, 1.82) is 0 Å². The van der Waals surface area contributed by atoms with Crippen molar-refractivity contribution in [3.05, 3.63) is 0 Å². The lowest BCUT2D eigenvalue weighted by atomic mass is 9.99. The molecule has 1 fully saturated rings. The smallest absolute Gasteiger partial charge is 0.411 e. The second-order valence-electron chi connectivity index (χ2n) is 5.75. The molecule has 1 heterocycles. The summed E-state index contributed by atoms with van der Waals surface area (Å²) in [5, 5.41) is 9.19. The molecular formula is C11H19F2NO3. The number of likely N-dealkylation sites (tertiary alicyclic amines) is 1. The maximum atomic E-state index is 13.3. The Morgan fingerprint density at radius 3 is 2.41 bits per heavy atom. The van der Waals surface area contributed by atoms with Gasteiger partial charge in [0.05, 0.1) is 18.7 Å². The van der Waals surface area contributed by atoms with Crippen molar-refractivity contribution in [1.82, 2.24) is 4.90 Å². The number of amides is 1. The van der Waals surface area contributed by atoms with Crippen LogP contribution < -0.4 is 0 Å². The molecule has 1 amide bonds. The Morgan fingerprint density at radius 1 is 1.47 bits per heavy atom. The van der Waals surface area contributed by atoms with E-state index in [0.29, 0.717) is 0 Å². The molecule has 1 rings (SSSR count). The van der Waals surface area contributed by atoms with Crippen LogP contribution in [0.1, 0.15) is 34.1 Å². The number of hydrogen-bond acceptors (Lipinski definition) is 3. The van der Waals surface area contributed by atoms with Gasteiger partial charge in [-0.15, -0.1) is 0 Å². The first-order chi connectivity index (χ1) is 7.49. The van der Waals surface area contributed by atoms with Gasteiger partial charge in [-0.3, -0.25) is 4.90 Å². The summed E-state index contributed by atoms with van der Waals surface area (Å²) in [5.41, 5.74) is -2.00. The second-order valence-corrected chi connectivity index (χ2v) is 5.75. The van der Waals surface area contributed by atoms with E-state index in [1.54, 1.807) is 20.8 Å². The van der Waals surface area contributed by atoms with Crippen LogP contribution in [-0.2, 0) is 4.74 Å². The highest BCUT2D eigenvalue weighted by Crippen LogP contribution is 2.39. The Kier molecular flexibility index (Phi) is 3.40. The number of rotatable bonds is 1. The second kappa shape index (κ2) is 4.08. The summed E-state index contributed by atoms with van der Waals surface area (Å²) in [6, 6.07) is 0. The molecule has 1 atom stereocenters. The van der Waals surface area contributed by atoms with Crippen LogP contribution in [0.15, 0.2) is 0 Å². The third-order valence-corrected chi connectivity index (χ3v) is 2.64. The van der Waals surface area contributed by atoms with Crippen molar-refractivity contribution in [3.8, 4) is 0 Å². The number of aliphatic hydroxyl groups is 1. The Labute approximate surface area is 99.5 Å². The van der Waals surface area contributed by atoms with Gasteiger partial charge in [-0.2, -0.15) is 0 Å². The fourth-order valence-corrected chi connectivity index (χ4v) is 1.87. The number of halogens is 2. The molecule has 1 N–H and O–H groups in total. The number of carbonyl (C=O) groups is 1. The van der Waals surface area contributed by atoms with E-state index in [4.69, 9.17) is 4.74 Å². The Hall–Kier alpha value is -0.910. The lowest BCUT2D eigenvalue weighted by Gasteiger charge is -2.34. The molecule has 100 valence electrons. The highest BCUT2D eigenvalue weighted by Gasteiger charge is 2.54. The van der Waals surface area contributed by atoms with Gasteiger partial charge in [0.1, 0.15) is 5.60 Å². The van der Waals surface area contributed by atoms with Crippen molar-refractivity contribution in [2.24, 2.45) is 0 Å². The largest absolute Gasteiger partial charge is 0.444 e. The van der Waals surface area contributed by atoms with E-state index in [2.05, 4.69) is 0 Å². The van der Waals surface area contributed by atoms with Gasteiger partial charge in [-0.25, -0.2) is 13.6 Å². The average molecular weight is 251 g/mol. The minimum absolute atomic E-state index is 0.512. The van der Waals surface area contributed by atoms with E-state index in [1.165, 1.54) is 6.92 Å². The molecule has 0 unspecified atom stereocenters. The number of alkyl halides is 2. The molecular weight excluding hydrogens is 232 g/mol. The molecule has 0 aromatic carbocycles. The van der Waals surface area contributed by atoms with Crippen LogP contribution in [-0.4, -0.2) is 46.3 Å². The van der Waals surface area contributed by atoms with Crippen molar-refractivity contribution >= 4 is 6.09 Å². The standard InChI is InChI=1S/C11H19F2NO3/c1-9(2,3)17-8(16)14-6-11(12,13)5-10(14,4)7-15/h15H,5-7H2,1-4H3/t10-/m1/s1. The zero-order valence-corrected chi connectivity index (χ0v) is 10.6. The predicted octanol–water partition coefficient (Wildman–Crippen LogP) is 2.01. The lowest BCUT2D eigenvalue weighted by Crippen LogP contribution is -2.49. The van der Waals surface area contributed by atoms with Gasteiger partial charge in [0.15, 0.2) is 0 Å². The van der Waals surface area contributed by atoms with Crippen molar-refractivity contribution in [3.63, 3.8) is 0 Å². The summed E-state index contributed by atoms with van der Waals surface area (Å²) in [5.74, 6) is -2.98. The summed E-state index contributed by atoms with van der Waals surface area (Å²) >= 11 is 0. The quantitative estimate of drug-likeness (QED) is 0.775. The Balaban J connectivity index is 2.85. The first-order valence-corrected chi connectivity index (χ1v) is 5.48. The molecule has 0 aromatic rings. The topological polar surface area (TPSA) is 49.8 Å². The third kappa shape index (κ3) is 3.28. The molecule has 1 aliphatic heterocycles. The van der Waals surface area contributed by atoms with E-state index in [9.17, 15) is 18.7 Å². The molecule has 0 radical (unpaired) electrons. The molecule has 17 heavy (non-hydrogen) atoms. The molecule has 1 aliphatic rings. The van der Waals surface area contributed by atoms with Crippen molar-refractivity contribution in [2.75, 3.05) is 13.2 Å². The highest BCUT2D eigenvalue weighted by molar-refractivity contribution is 5.70. The van der Waals surface area contributed by atoms with Crippen molar-refractivity contribution < 1.29 is 23.4 Å². The lowest BCUT2D eigenvalue weighted by molar-refractivity contribution is -0.00645. The number of nitrogens with zero attached hydrogens (tertiary/aromatic N) is 1. The molecule has 0 spiro atoms. The first kappa shape index (κ1) is 14.2. The zero-order chi connectivity index (χ0) is 13.5. The average Bonchev–Trinajstić information content (AvgIpc) is 2.34. The molecule has 4 nitrogen and oxygen atoms in total. The van der Waals surface area contributed by atoms with Crippen LogP contribution in [0.5, 0.6) is 0 Å². The number of carbonyl (C=O) groups excluding carboxylic acids is 1. The summed E-state index contributed by atoms with van der Waals surface area (Å²) < 4.78 is 31.7. The van der Waals surface area contributed by atoms with E-state index in [1.807, 2.05) is 0 Å². The van der Waals surface area contributed by atoms with Crippen LogP contribution in [0, 0.1) is 0 Å². The van der Waals surface area contributed by atoms with E-state index < -0.39 is 42.7 Å². The number of aliphatic hydroxyl groups excluding tert-OH is 1. The molecule has 0 aromatic heterocycles. The highest BCUT2D eigenvalue weighted by atomic mass is 19.3. The van der Waals surface area contributed by atoms with Gasteiger partial charge >= 0.3 is 6.09 Å². The van der Waals surface area contributed by atoms with Crippen LogP contribution in [0.25, 0.3) is 0 Å². The molecule has 0 aliphatic carbocycles. The van der Waals surface area contributed by atoms with E-state index in [-0.39, 0.29) is 0 Å². The molecule has 0 saturated carbocycles. The van der Waals surface area contributed by atoms with Crippen LogP contribution >= 0.6 is 0 Å². The van der Waals surface area contributed by atoms with Gasteiger partial charge in [-0.1, -0.05) is 0 Å². The molecule has 0 bridgehead atoms. The third-order valence-electron chi connectivity index (χ3n) is 2.64. The molecule has 6 heteroatoms. The first-order valence-electron chi connectivity index (χ1n) is 5.48. The Morgan fingerprint density at radius 2 is 2.00 bits per heavy atom. The van der Waals surface area contributed by atoms with Gasteiger partial charge in [0.2, 0.25) is 0 Å². The Bertz CT molecular complexity index is 314. The maximum absolute atomic E-state index is 13.3. The zero-order valence-electron chi connectivity index (χ0n) is 10.6. The van der Waals surface area contributed by atoms with Gasteiger partial charge in [0, 0.05) is 6.42 Å². The van der Waals surface area contributed by atoms with Gasteiger partial charge in [0.25, 0.3) is 5.92 Å². The van der Waals surface area contributed by atoms with Gasteiger partial charge in [-0.05, 0) is 27.7 Å². The summed E-state index contributed by atoms with van der Waals surface area (Å²) in [6.07, 6.45) is -1.36. The number of ether oxygens (including phenoxy) is 1. The normalized spacial score (nSPS) is 28.3. The molecule has 1 saturated heterocycles. The monoisotopic (exact) mass is 251 g/mol. The maximum Gasteiger partial charge on any atom is 0.411 e. The summed E-state index contributed by atoms with van der Waals surface area (Å²) in [7, 11) is 0. The van der Waals surface area contributed by atoms with Crippen molar-refractivity contribution in [2.45, 2.75) is 51.2 Å². The predicted molar refractivity (Wildman–Crippen MR) is 58.0 cm³/mol. The van der Waals surface area contributed by atoms with Crippen LogP contribution in [0.3, 0.4) is 0 Å². The fourth-order valence-electron chi connectivity index (χ4n) is 1.87. The van der Waals surface area contributed by atoms with E-state index in [0.717, 1.165) is 4.90 Å². The number of hydrogen-bond donors (Lipinski definition) is 1. The van der Waals surface area contributed by atoms with Gasteiger partial charge < -0.3 is 9.84 Å². The summed E-state index contributed by atoms with van der Waals surface area (Å²) in [6.45, 7) is 5.19.